The highest BCUT2D eigenvalue weighted by atomic mass is 19.2. The van der Waals surface area contributed by atoms with Crippen LogP contribution in [-0.4, -0.2) is 22.9 Å². The van der Waals surface area contributed by atoms with Crippen LogP contribution in [0.4, 0.5) is 8.78 Å². The molecule has 0 fully saturated rings. The molecule has 0 unspecified atom stereocenters. The molecule has 1 aromatic heterocycles. The first kappa shape index (κ1) is 13.1. The lowest BCUT2D eigenvalue weighted by Gasteiger charge is -2.06. The second kappa shape index (κ2) is 5.51. The molecule has 1 aromatic carbocycles. The fraction of sp³-hybridized carbons (Fsp3) is 0.154. The number of amides is 1. The van der Waals surface area contributed by atoms with Crippen LogP contribution in [0.2, 0.25) is 0 Å². The summed E-state index contributed by atoms with van der Waals surface area (Å²) in [4.78, 5) is 19.6. The molecular weight excluding hydrogens is 252 g/mol. The number of nitrogens with one attached hydrogen (secondary N) is 1. The van der Waals surface area contributed by atoms with E-state index in [1.54, 1.807) is 0 Å². The molecule has 0 aliphatic carbocycles. The normalized spacial score (nSPS) is 10.3. The molecule has 0 saturated carbocycles. The van der Waals surface area contributed by atoms with Crippen LogP contribution >= 0.6 is 0 Å². The number of aromatic nitrogens is 2. The van der Waals surface area contributed by atoms with E-state index in [9.17, 15) is 13.6 Å². The summed E-state index contributed by atoms with van der Waals surface area (Å²) in [7, 11) is 1.48. The maximum atomic E-state index is 13.1. The molecule has 1 N–H and O–H groups in total. The standard InChI is InChI=1S/C13H11F2N3O/c1-16-13(19)12-11(17-4-5-18-12)7-8-2-3-9(14)10(15)6-8/h2-6H,7H2,1H3,(H,16,19). The fourth-order valence-electron chi connectivity index (χ4n) is 1.65. The minimum absolute atomic E-state index is 0.176. The number of carbonyl (C=O) groups excluding carboxylic acids is 1. The molecule has 6 heteroatoms. The van der Waals surface area contributed by atoms with Gasteiger partial charge in [0.05, 0.1) is 5.69 Å². The lowest BCUT2D eigenvalue weighted by molar-refractivity contribution is 0.0956. The summed E-state index contributed by atoms with van der Waals surface area (Å²) in [6.07, 6.45) is 3.05. The molecule has 0 radical (unpaired) electrons. The maximum absolute atomic E-state index is 13.1. The number of hydrogen-bond donors (Lipinski definition) is 1. The Morgan fingerprint density at radius 1 is 1.21 bits per heavy atom. The summed E-state index contributed by atoms with van der Waals surface area (Å²) in [5.41, 5.74) is 1.10. The van der Waals surface area contributed by atoms with Gasteiger partial charge in [-0.3, -0.25) is 9.78 Å². The molecule has 0 spiro atoms. The van der Waals surface area contributed by atoms with Crippen molar-refractivity contribution in [3.8, 4) is 0 Å². The molecule has 0 atom stereocenters. The van der Waals surface area contributed by atoms with Crippen molar-refractivity contribution >= 4 is 5.91 Å². The molecule has 2 rings (SSSR count). The molecule has 0 bridgehead atoms. The third-order valence-corrected chi connectivity index (χ3v) is 2.57. The predicted molar refractivity (Wildman–Crippen MR) is 64.6 cm³/mol. The first-order valence-corrected chi connectivity index (χ1v) is 5.57. The smallest absolute Gasteiger partial charge is 0.271 e. The molecule has 1 heterocycles. The van der Waals surface area contributed by atoms with Gasteiger partial charge in [-0.05, 0) is 17.7 Å². The Hall–Kier alpha value is -2.37. The molecule has 0 saturated heterocycles. The third-order valence-electron chi connectivity index (χ3n) is 2.57. The number of halogens is 2. The van der Waals surface area contributed by atoms with Gasteiger partial charge in [0.25, 0.3) is 5.91 Å². The monoisotopic (exact) mass is 263 g/mol. The summed E-state index contributed by atoms with van der Waals surface area (Å²) < 4.78 is 25.9. The average Bonchev–Trinajstić information content (AvgIpc) is 2.43. The predicted octanol–water partition coefficient (Wildman–Crippen LogP) is 1.71. The van der Waals surface area contributed by atoms with Crippen LogP contribution in [0, 0.1) is 11.6 Å². The summed E-state index contributed by atoms with van der Waals surface area (Å²) in [6, 6.07) is 3.57. The van der Waals surface area contributed by atoms with Gasteiger partial charge in [-0.1, -0.05) is 6.07 Å². The lowest BCUT2D eigenvalue weighted by Crippen LogP contribution is -2.21. The number of rotatable bonds is 3. The minimum Gasteiger partial charge on any atom is -0.354 e. The van der Waals surface area contributed by atoms with Crippen LogP contribution in [0.15, 0.2) is 30.6 Å². The highest BCUT2D eigenvalue weighted by Gasteiger charge is 2.13. The van der Waals surface area contributed by atoms with Gasteiger partial charge < -0.3 is 5.32 Å². The van der Waals surface area contributed by atoms with Gasteiger partial charge >= 0.3 is 0 Å². The first-order chi connectivity index (χ1) is 9.11. The SMILES string of the molecule is CNC(=O)c1nccnc1Cc1ccc(F)c(F)c1. The zero-order valence-corrected chi connectivity index (χ0v) is 10.2. The van der Waals surface area contributed by atoms with Gasteiger partial charge in [-0.15, -0.1) is 0 Å². The Morgan fingerprint density at radius 2 is 1.95 bits per heavy atom. The van der Waals surface area contributed by atoms with Crippen LogP contribution in [0.5, 0.6) is 0 Å². The summed E-state index contributed by atoms with van der Waals surface area (Å²) >= 11 is 0. The second-order valence-corrected chi connectivity index (χ2v) is 3.86. The van der Waals surface area contributed by atoms with Crippen molar-refractivity contribution in [2.75, 3.05) is 7.05 Å². The molecule has 2 aromatic rings. The van der Waals surface area contributed by atoms with Gasteiger partial charge in [0, 0.05) is 25.9 Å². The molecule has 1 amide bonds. The van der Waals surface area contributed by atoms with Crippen molar-refractivity contribution in [2.24, 2.45) is 0 Å². The van der Waals surface area contributed by atoms with Gasteiger partial charge in [0.2, 0.25) is 0 Å². The fourth-order valence-corrected chi connectivity index (χ4v) is 1.65. The Kier molecular flexibility index (Phi) is 3.79. The Labute approximate surface area is 108 Å². The number of carbonyl (C=O) groups is 1. The summed E-state index contributed by atoms with van der Waals surface area (Å²) in [6.45, 7) is 0. The number of nitrogens with zero attached hydrogens (tertiary/aromatic N) is 2. The first-order valence-electron chi connectivity index (χ1n) is 5.57. The highest BCUT2D eigenvalue weighted by molar-refractivity contribution is 5.93. The molecule has 4 nitrogen and oxygen atoms in total. The van der Waals surface area contributed by atoms with E-state index in [1.165, 1.54) is 25.5 Å². The number of benzene rings is 1. The maximum Gasteiger partial charge on any atom is 0.271 e. The quantitative estimate of drug-likeness (QED) is 0.917. The molecule has 0 aliphatic rings. The van der Waals surface area contributed by atoms with E-state index in [0.29, 0.717) is 11.3 Å². The van der Waals surface area contributed by atoms with E-state index in [4.69, 9.17) is 0 Å². The zero-order valence-electron chi connectivity index (χ0n) is 10.2. The summed E-state index contributed by atoms with van der Waals surface area (Å²) in [5.74, 6) is -2.21. The van der Waals surface area contributed by atoms with Crippen LogP contribution in [0.1, 0.15) is 21.7 Å². The van der Waals surface area contributed by atoms with Crippen LogP contribution in [0.3, 0.4) is 0 Å². The van der Waals surface area contributed by atoms with E-state index in [-0.39, 0.29) is 18.0 Å². The Morgan fingerprint density at radius 3 is 2.63 bits per heavy atom. The lowest BCUT2D eigenvalue weighted by atomic mass is 10.1. The van der Waals surface area contributed by atoms with Crippen LogP contribution in [0.25, 0.3) is 0 Å². The van der Waals surface area contributed by atoms with Crippen molar-refractivity contribution in [3.63, 3.8) is 0 Å². The second-order valence-electron chi connectivity index (χ2n) is 3.86. The molecule has 98 valence electrons. The average molecular weight is 263 g/mol. The van der Waals surface area contributed by atoms with E-state index < -0.39 is 11.6 Å². The van der Waals surface area contributed by atoms with Crippen LogP contribution in [-0.2, 0) is 6.42 Å². The van der Waals surface area contributed by atoms with Crippen LogP contribution < -0.4 is 5.32 Å². The van der Waals surface area contributed by atoms with E-state index in [0.717, 1.165) is 12.1 Å². The van der Waals surface area contributed by atoms with Crippen molar-refractivity contribution in [1.29, 1.82) is 0 Å². The van der Waals surface area contributed by atoms with E-state index >= 15 is 0 Å². The van der Waals surface area contributed by atoms with Crippen molar-refractivity contribution in [3.05, 3.63) is 59.2 Å². The largest absolute Gasteiger partial charge is 0.354 e. The highest BCUT2D eigenvalue weighted by Crippen LogP contribution is 2.13. The summed E-state index contributed by atoms with van der Waals surface area (Å²) in [5, 5.41) is 2.45. The molecular formula is C13H11F2N3O. The minimum atomic E-state index is -0.928. The number of hydrogen-bond acceptors (Lipinski definition) is 3. The van der Waals surface area contributed by atoms with Crippen molar-refractivity contribution in [2.45, 2.75) is 6.42 Å². The van der Waals surface area contributed by atoms with Gasteiger partial charge in [0.1, 0.15) is 5.69 Å². The van der Waals surface area contributed by atoms with E-state index in [2.05, 4.69) is 15.3 Å². The third kappa shape index (κ3) is 2.90. The van der Waals surface area contributed by atoms with Gasteiger partial charge in [0.15, 0.2) is 11.6 Å². The molecule has 19 heavy (non-hydrogen) atoms. The van der Waals surface area contributed by atoms with Gasteiger partial charge in [-0.25, -0.2) is 13.8 Å². The zero-order chi connectivity index (χ0) is 13.8. The molecule has 0 aliphatic heterocycles. The Balaban J connectivity index is 2.32. The Bertz CT molecular complexity index is 617. The topological polar surface area (TPSA) is 54.9 Å². The van der Waals surface area contributed by atoms with Crippen molar-refractivity contribution < 1.29 is 13.6 Å². The van der Waals surface area contributed by atoms with Crippen molar-refractivity contribution in [1.82, 2.24) is 15.3 Å². The van der Waals surface area contributed by atoms with Gasteiger partial charge in [-0.2, -0.15) is 0 Å². The van der Waals surface area contributed by atoms with E-state index in [1.807, 2.05) is 0 Å².